The molecule has 0 radical (unpaired) electrons. The van der Waals surface area contributed by atoms with Gasteiger partial charge in [-0.1, -0.05) is 13.3 Å². The first-order valence-corrected chi connectivity index (χ1v) is 9.29. The van der Waals surface area contributed by atoms with Crippen LogP contribution in [0.4, 0.5) is 5.69 Å². The number of hydrogen-bond acceptors (Lipinski definition) is 4. The maximum absolute atomic E-state index is 12.3. The molecule has 0 aliphatic carbocycles. The minimum absolute atomic E-state index is 0.276. The van der Waals surface area contributed by atoms with Crippen molar-refractivity contribution in [1.82, 2.24) is 9.29 Å². The number of aromatic nitrogens is 1. The zero-order valence-electron chi connectivity index (χ0n) is 13.0. The van der Waals surface area contributed by atoms with Crippen LogP contribution in [0.1, 0.15) is 31.7 Å². The predicted octanol–water partition coefficient (Wildman–Crippen LogP) is 2.03. The average Bonchev–Trinajstić information content (AvgIpc) is 2.72. The average molecular weight is 311 g/mol. The van der Waals surface area contributed by atoms with Crippen molar-refractivity contribution in [2.45, 2.75) is 33.1 Å². The van der Waals surface area contributed by atoms with Crippen molar-refractivity contribution >= 4 is 15.7 Å². The number of hydrogen-bond donors (Lipinski definition) is 0. The SMILES string of the molecule is CCCCS(=O)(=O)N1CCCN(c2ccncc2C)CC1. The van der Waals surface area contributed by atoms with E-state index < -0.39 is 10.0 Å². The van der Waals surface area contributed by atoms with E-state index in [4.69, 9.17) is 0 Å². The molecule has 1 aliphatic rings. The van der Waals surface area contributed by atoms with Crippen molar-refractivity contribution in [3.05, 3.63) is 24.0 Å². The molecule has 118 valence electrons. The van der Waals surface area contributed by atoms with E-state index in [1.54, 1.807) is 10.5 Å². The Labute approximate surface area is 128 Å². The fraction of sp³-hybridized carbons (Fsp3) is 0.667. The number of nitrogens with zero attached hydrogens (tertiary/aromatic N) is 3. The summed E-state index contributed by atoms with van der Waals surface area (Å²) in [6.45, 7) is 6.91. The molecule has 21 heavy (non-hydrogen) atoms. The Kier molecular flexibility index (Phi) is 5.58. The fourth-order valence-electron chi connectivity index (χ4n) is 2.69. The molecule has 1 aliphatic heterocycles. The first kappa shape index (κ1) is 16.2. The van der Waals surface area contributed by atoms with Crippen LogP contribution < -0.4 is 4.90 Å². The molecule has 0 bridgehead atoms. The van der Waals surface area contributed by atoms with Gasteiger partial charge < -0.3 is 4.90 Å². The highest BCUT2D eigenvalue weighted by molar-refractivity contribution is 7.89. The Bertz CT molecular complexity index is 560. The normalized spacial score (nSPS) is 17.7. The number of anilines is 1. The van der Waals surface area contributed by atoms with Crippen LogP contribution in [0.3, 0.4) is 0 Å². The summed E-state index contributed by atoms with van der Waals surface area (Å²) in [7, 11) is -3.09. The van der Waals surface area contributed by atoms with E-state index in [1.807, 2.05) is 26.1 Å². The standard InChI is InChI=1S/C15H25N3O2S/c1-3-4-12-21(19,20)18-9-5-8-17(10-11-18)15-6-7-16-13-14(15)2/h6-7,13H,3-5,8-12H2,1-2H3. The van der Waals surface area contributed by atoms with Crippen molar-refractivity contribution < 1.29 is 8.42 Å². The maximum atomic E-state index is 12.3. The summed E-state index contributed by atoms with van der Waals surface area (Å²) in [5.41, 5.74) is 2.30. The zero-order chi connectivity index (χ0) is 15.3. The van der Waals surface area contributed by atoms with Crippen LogP contribution in [0.5, 0.6) is 0 Å². The lowest BCUT2D eigenvalue weighted by atomic mass is 10.2. The molecule has 1 saturated heterocycles. The Hall–Kier alpha value is -1.14. The summed E-state index contributed by atoms with van der Waals surface area (Å²) in [6.07, 6.45) is 6.17. The summed E-state index contributed by atoms with van der Waals surface area (Å²) >= 11 is 0. The van der Waals surface area contributed by atoms with E-state index in [0.717, 1.165) is 43.6 Å². The molecule has 2 rings (SSSR count). The third-order valence-electron chi connectivity index (χ3n) is 3.94. The zero-order valence-corrected chi connectivity index (χ0v) is 13.8. The van der Waals surface area contributed by atoms with Gasteiger partial charge in [0.2, 0.25) is 10.0 Å². The van der Waals surface area contributed by atoms with Crippen LogP contribution in [-0.4, -0.2) is 49.6 Å². The van der Waals surface area contributed by atoms with Gasteiger partial charge in [-0.3, -0.25) is 4.98 Å². The van der Waals surface area contributed by atoms with E-state index >= 15 is 0 Å². The summed E-state index contributed by atoms with van der Waals surface area (Å²) in [6, 6.07) is 2.01. The molecule has 2 heterocycles. The van der Waals surface area contributed by atoms with Crippen LogP contribution in [0.25, 0.3) is 0 Å². The van der Waals surface area contributed by atoms with Gasteiger partial charge in [-0.2, -0.15) is 0 Å². The predicted molar refractivity (Wildman–Crippen MR) is 86.1 cm³/mol. The highest BCUT2D eigenvalue weighted by atomic mass is 32.2. The van der Waals surface area contributed by atoms with E-state index in [9.17, 15) is 8.42 Å². The summed E-state index contributed by atoms with van der Waals surface area (Å²) < 4.78 is 26.3. The van der Waals surface area contributed by atoms with Crippen LogP contribution in [-0.2, 0) is 10.0 Å². The van der Waals surface area contributed by atoms with Crippen LogP contribution in [0, 0.1) is 6.92 Å². The number of unbranched alkanes of at least 4 members (excludes halogenated alkanes) is 1. The van der Waals surface area contributed by atoms with Crippen molar-refractivity contribution in [2.24, 2.45) is 0 Å². The molecule has 5 nitrogen and oxygen atoms in total. The molecule has 1 aromatic heterocycles. The second kappa shape index (κ2) is 7.22. The number of pyridine rings is 1. The molecule has 0 atom stereocenters. The van der Waals surface area contributed by atoms with Gasteiger partial charge in [0, 0.05) is 44.3 Å². The second-order valence-electron chi connectivity index (χ2n) is 5.57. The fourth-order valence-corrected chi connectivity index (χ4v) is 4.37. The molecule has 0 saturated carbocycles. The molecular weight excluding hydrogens is 286 g/mol. The molecule has 0 aromatic carbocycles. The lowest BCUT2D eigenvalue weighted by Crippen LogP contribution is -2.36. The molecular formula is C15H25N3O2S. The minimum atomic E-state index is -3.09. The third kappa shape index (κ3) is 4.17. The van der Waals surface area contributed by atoms with Gasteiger partial charge in [-0.15, -0.1) is 0 Å². The minimum Gasteiger partial charge on any atom is -0.370 e. The summed E-state index contributed by atoms with van der Waals surface area (Å²) in [4.78, 5) is 6.39. The lowest BCUT2D eigenvalue weighted by molar-refractivity contribution is 0.432. The monoisotopic (exact) mass is 311 g/mol. The van der Waals surface area contributed by atoms with Gasteiger partial charge in [0.15, 0.2) is 0 Å². The maximum Gasteiger partial charge on any atom is 0.214 e. The Morgan fingerprint density at radius 2 is 2.05 bits per heavy atom. The summed E-state index contributed by atoms with van der Waals surface area (Å²) in [5, 5.41) is 0. The van der Waals surface area contributed by atoms with Crippen LogP contribution >= 0.6 is 0 Å². The highest BCUT2D eigenvalue weighted by Crippen LogP contribution is 2.21. The Balaban J connectivity index is 2.04. The van der Waals surface area contributed by atoms with Crippen molar-refractivity contribution in [2.75, 3.05) is 36.8 Å². The molecule has 0 amide bonds. The Morgan fingerprint density at radius 1 is 1.24 bits per heavy atom. The van der Waals surface area contributed by atoms with Gasteiger partial charge in [-0.25, -0.2) is 12.7 Å². The van der Waals surface area contributed by atoms with Crippen LogP contribution in [0.2, 0.25) is 0 Å². The smallest absolute Gasteiger partial charge is 0.214 e. The third-order valence-corrected chi connectivity index (χ3v) is 5.89. The molecule has 0 spiro atoms. The quantitative estimate of drug-likeness (QED) is 0.835. The molecule has 0 N–H and O–H groups in total. The molecule has 1 fully saturated rings. The van der Waals surface area contributed by atoms with Crippen molar-refractivity contribution in [3.63, 3.8) is 0 Å². The Morgan fingerprint density at radius 3 is 2.76 bits per heavy atom. The van der Waals surface area contributed by atoms with Gasteiger partial charge in [0.25, 0.3) is 0 Å². The number of rotatable bonds is 5. The van der Waals surface area contributed by atoms with Gasteiger partial charge in [0.05, 0.1) is 5.75 Å². The highest BCUT2D eigenvalue weighted by Gasteiger charge is 2.24. The van der Waals surface area contributed by atoms with Crippen molar-refractivity contribution in [3.8, 4) is 0 Å². The molecule has 1 aromatic rings. The number of sulfonamides is 1. The topological polar surface area (TPSA) is 53.5 Å². The van der Waals surface area contributed by atoms with E-state index in [-0.39, 0.29) is 5.75 Å². The van der Waals surface area contributed by atoms with Crippen LogP contribution in [0.15, 0.2) is 18.5 Å². The first-order chi connectivity index (χ1) is 10.0. The van der Waals surface area contributed by atoms with Crippen molar-refractivity contribution in [1.29, 1.82) is 0 Å². The lowest BCUT2D eigenvalue weighted by Gasteiger charge is -2.24. The second-order valence-corrected chi connectivity index (χ2v) is 7.66. The molecule has 6 heteroatoms. The van der Waals surface area contributed by atoms with Gasteiger partial charge in [0.1, 0.15) is 0 Å². The van der Waals surface area contributed by atoms with Gasteiger partial charge >= 0.3 is 0 Å². The summed E-state index contributed by atoms with van der Waals surface area (Å²) in [5.74, 6) is 0.276. The number of aryl methyl sites for hydroxylation is 1. The largest absolute Gasteiger partial charge is 0.370 e. The van der Waals surface area contributed by atoms with E-state index in [0.29, 0.717) is 13.1 Å². The molecule has 0 unspecified atom stereocenters. The first-order valence-electron chi connectivity index (χ1n) is 7.68. The van der Waals surface area contributed by atoms with E-state index in [2.05, 4.69) is 9.88 Å². The van der Waals surface area contributed by atoms with Gasteiger partial charge in [-0.05, 0) is 31.4 Å². The van der Waals surface area contributed by atoms with E-state index in [1.165, 1.54) is 0 Å².